The normalized spacial score (nSPS) is 13.0. The fourth-order valence-corrected chi connectivity index (χ4v) is 4.96. The molecule has 0 aliphatic rings. The number of nitrogens with one attached hydrogen (secondary N) is 1. The number of hydrogen-bond donors (Lipinski definition) is 2. The van der Waals surface area contributed by atoms with Gasteiger partial charge in [-0.3, -0.25) is 0 Å². The molecule has 2 heterocycles. The Morgan fingerprint density at radius 1 is 0.969 bits per heavy atom. The fraction of sp³-hybridized carbons (Fsp3) is 0.0833. The monoisotopic (exact) mass is 465 g/mol. The average Bonchev–Trinajstić information content (AvgIpc) is 3.30. The molecule has 32 heavy (non-hydrogen) atoms. The van der Waals surface area contributed by atoms with Crippen molar-refractivity contribution in [3.05, 3.63) is 101 Å². The highest BCUT2D eigenvalue weighted by molar-refractivity contribution is 7.84. The van der Waals surface area contributed by atoms with E-state index in [0.29, 0.717) is 10.6 Å². The van der Waals surface area contributed by atoms with Crippen LogP contribution in [0, 0.1) is 0 Å². The highest BCUT2D eigenvalue weighted by atomic mass is 35.5. The Kier molecular flexibility index (Phi) is 4.97. The van der Waals surface area contributed by atoms with Gasteiger partial charge in [0.15, 0.2) is 0 Å². The smallest absolute Gasteiger partial charge is 0.371 e. The van der Waals surface area contributed by atoms with Crippen molar-refractivity contribution >= 4 is 43.7 Å². The first-order chi connectivity index (χ1) is 15.3. The van der Waals surface area contributed by atoms with E-state index >= 15 is 0 Å². The molecule has 0 fully saturated rings. The van der Waals surface area contributed by atoms with E-state index in [-0.39, 0.29) is 11.7 Å². The third-order valence-corrected chi connectivity index (χ3v) is 6.31. The number of aromatic amines is 1. The molecule has 1 atom stereocenters. The Morgan fingerprint density at radius 3 is 2.53 bits per heavy atom. The summed E-state index contributed by atoms with van der Waals surface area (Å²) in [6, 6.07) is 20.8. The van der Waals surface area contributed by atoms with Crippen LogP contribution >= 0.6 is 11.6 Å². The molecule has 2 aromatic heterocycles. The predicted molar refractivity (Wildman–Crippen MR) is 127 cm³/mol. The lowest BCUT2D eigenvalue weighted by molar-refractivity contribution is 0.484. The molecule has 6 nitrogen and oxygen atoms in total. The molecule has 3 aromatic carbocycles. The molecular formula is C24H20ClN3O3S. The fourth-order valence-electron chi connectivity index (χ4n) is 4.39. The Morgan fingerprint density at radius 2 is 1.72 bits per heavy atom. The van der Waals surface area contributed by atoms with E-state index < -0.39 is 10.3 Å². The van der Waals surface area contributed by atoms with Crippen LogP contribution in [-0.2, 0) is 17.4 Å². The molecule has 0 bridgehead atoms. The van der Waals surface area contributed by atoms with Crippen molar-refractivity contribution in [2.45, 2.75) is 5.92 Å². The van der Waals surface area contributed by atoms with Gasteiger partial charge in [0.05, 0.1) is 0 Å². The molecule has 0 spiro atoms. The molecule has 3 N–H and O–H groups in total. The van der Waals surface area contributed by atoms with E-state index in [1.54, 1.807) is 12.1 Å². The van der Waals surface area contributed by atoms with Crippen molar-refractivity contribution in [2.24, 2.45) is 12.2 Å². The molecule has 0 amide bonds. The third kappa shape index (κ3) is 3.64. The largest absolute Gasteiger partial charge is 0.380 e. The van der Waals surface area contributed by atoms with Crippen LogP contribution in [0.5, 0.6) is 5.75 Å². The molecule has 162 valence electrons. The van der Waals surface area contributed by atoms with Gasteiger partial charge < -0.3 is 13.7 Å². The van der Waals surface area contributed by atoms with Crippen molar-refractivity contribution < 1.29 is 12.6 Å². The number of H-pyrrole nitrogens is 1. The number of nitrogens with zero attached hydrogens (tertiary/aromatic N) is 1. The quantitative estimate of drug-likeness (QED) is 0.379. The summed E-state index contributed by atoms with van der Waals surface area (Å²) >= 11 is 6.20. The third-order valence-electron chi connectivity index (χ3n) is 5.66. The van der Waals surface area contributed by atoms with Crippen LogP contribution in [-0.4, -0.2) is 18.0 Å². The molecular weight excluding hydrogens is 446 g/mol. The Balaban J connectivity index is 1.83. The topological polar surface area (TPSA) is 90.1 Å². The zero-order valence-electron chi connectivity index (χ0n) is 17.1. The van der Waals surface area contributed by atoms with Crippen LogP contribution in [0.4, 0.5) is 0 Å². The lowest BCUT2D eigenvalue weighted by atomic mass is 9.84. The van der Waals surface area contributed by atoms with Crippen molar-refractivity contribution in [3.63, 3.8) is 0 Å². The number of aromatic nitrogens is 2. The van der Waals surface area contributed by atoms with Gasteiger partial charge >= 0.3 is 10.3 Å². The number of hydrogen-bond acceptors (Lipinski definition) is 3. The van der Waals surface area contributed by atoms with E-state index in [4.69, 9.17) is 20.9 Å². The predicted octanol–water partition coefficient (Wildman–Crippen LogP) is 5.08. The van der Waals surface area contributed by atoms with Crippen molar-refractivity contribution in [1.29, 1.82) is 0 Å². The van der Waals surface area contributed by atoms with Gasteiger partial charge in [0.2, 0.25) is 0 Å². The van der Waals surface area contributed by atoms with Crippen LogP contribution in [0.25, 0.3) is 21.8 Å². The maximum atomic E-state index is 11.8. The summed E-state index contributed by atoms with van der Waals surface area (Å²) in [6.07, 6.45) is 4.00. The molecule has 5 aromatic rings. The van der Waals surface area contributed by atoms with Gasteiger partial charge in [0, 0.05) is 57.8 Å². The second-order valence-corrected chi connectivity index (χ2v) is 9.28. The number of benzene rings is 3. The second-order valence-electron chi connectivity index (χ2n) is 7.69. The van der Waals surface area contributed by atoms with Crippen LogP contribution < -0.4 is 9.32 Å². The van der Waals surface area contributed by atoms with Crippen LogP contribution in [0.1, 0.15) is 22.6 Å². The highest BCUT2D eigenvalue weighted by Gasteiger charge is 2.27. The molecule has 0 saturated heterocycles. The Labute approximate surface area is 190 Å². The van der Waals surface area contributed by atoms with Crippen LogP contribution in [0.15, 0.2) is 79.1 Å². The van der Waals surface area contributed by atoms with Gasteiger partial charge in [0.25, 0.3) is 0 Å². The second kappa shape index (κ2) is 7.70. The minimum atomic E-state index is -4.20. The zero-order chi connectivity index (χ0) is 22.5. The molecule has 0 aliphatic heterocycles. The Hall–Kier alpha value is -3.26. The summed E-state index contributed by atoms with van der Waals surface area (Å²) in [5.74, 6) is -0.134. The lowest BCUT2D eigenvalue weighted by Crippen LogP contribution is -2.20. The molecule has 0 aliphatic carbocycles. The SMILES string of the molecule is Cn1cc(C(c2ccccc2OS(N)(=O)=O)c2c[nH]c3cc(Cl)ccc23)c2ccccc21. The number of nitrogens with two attached hydrogens (primary N) is 1. The maximum Gasteiger partial charge on any atom is 0.380 e. The van der Waals surface area contributed by atoms with E-state index in [0.717, 1.165) is 32.9 Å². The first-order valence-corrected chi connectivity index (χ1v) is 11.8. The molecule has 1 unspecified atom stereocenters. The number of halogens is 1. The molecule has 0 radical (unpaired) electrons. The highest BCUT2D eigenvalue weighted by Crippen LogP contribution is 2.43. The zero-order valence-corrected chi connectivity index (χ0v) is 18.7. The van der Waals surface area contributed by atoms with E-state index in [1.165, 1.54) is 0 Å². The van der Waals surface area contributed by atoms with E-state index in [1.807, 2.05) is 55.7 Å². The average molecular weight is 466 g/mol. The molecule has 5 rings (SSSR count). The maximum absolute atomic E-state index is 11.8. The van der Waals surface area contributed by atoms with E-state index in [9.17, 15) is 8.42 Å². The first kappa shape index (κ1) is 20.6. The summed E-state index contributed by atoms with van der Waals surface area (Å²) in [7, 11) is -2.21. The van der Waals surface area contributed by atoms with Gasteiger partial charge in [-0.1, -0.05) is 54.1 Å². The van der Waals surface area contributed by atoms with Gasteiger partial charge in [-0.15, -0.1) is 0 Å². The number of aryl methyl sites for hydroxylation is 1. The van der Waals surface area contributed by atoms with Crippen molar-refractivity contribution in [2.75, 3.05) is 0 Å². The van der Waals surface area contributed by atoms with Gasteiger partial charge in [-0.05, 0) is 35.4 Å². The summed E-state index contributed by atoms with van der Waals surface area (Å²) in [5.41, 5.74) is 4.64. The lowest BCUT2D eigenvalue weighted by Gasteiger charge is -2.20. The van der Waals surface area contributed by atoms with Crippen LogP contribution in [0.2, 0.25) is 5.02 Å². The standard InChI is InChI=1S/C24H20ClN3O3S/c1-28-14-20(17-6-2-4-8-22(17)28)24(18-7-3-5-9-23(18)31-32(26,29)30)19-13-27-21-12-15(25)10-11-16(19)21/h2-14,24,27H,1H3,(H2,26,29,30). The van der Waals surface area contributed by atoms with Crippen LogP contribution in [0.3, 0.4) is 0 Å². The Bertz CT molecular complexity index is 1570. The van der Waals surface area contributed by atoms with Crippen molar-refractivity contribution in [3.8, 4) is 5.75 Å². The van der Waals surface area contributed by atoms with Gasteiger partial charge in [-0.2, -0.15) is 13.6 Å². The number of para-hydroxylation sites is 2. The molecule has 0 saturated carbocycles. The minimum absolute atomic E-state index is 0.191. The summed E-state index contributed by atoms with van der Waals surface area (Å²) in [6.45, 7) is 0. The van der Waals surface area contributed by atoms with Gasteiger partial charge in [-0.25, -0.2) is 0 Å². The number of fused-ring (bicyclic) bond motifs is 2. The first-order valence-electron chi connectivity index (χ1n) is 9.93. The minimum Gasteiger partial charge on any atom is -0.371 e. The van der Waals surface area contributed by atoms with E-state index in [2.05, 4.69) is 27.9 Å². The number of rotatable bonds is 5. The summed E-state index contributed by atoms with van der Waals surface area (Å²) in [5, 5.41) is 7.90. The van der Waals surface area contributed by atoms with Gasteiger partial charge in [0.1, 0.15) is 5.75 Å². The van der Waals surface area contributed by atoms with Crippen molar-refractivity contribution in [1.82, 2.24) is 9.55 Å². The summed E-state index contributed by atoms with van der Waals surface area (Å²) in [4.78, 5) is 3.30. The summed E-state index contributed by atoms with van der Waals surface area (Å²) < 4.78 is 30.8. The molecule has 8 heteroatoms.